The van der Waals surface area contributed by atoms with Gasteiger partial charge in [-0.05, 0) is 31.2 Å². The first-order valence-electron chi connectivity index (χ1n) is 8.09. The molecule has 1 saturated heterocycles. The molecule has 0 spiro atoms. The summed E-state index contributed by atoms with van der Waals surface area (Å²) in [7, 11) is 0. The maximum atomic E-state index is 12.4. The van der Waals surface area contributed by atoms with Crippen LogP contribution in [0.3, 0.4) is 0 Å². The number of nitrogens with one attached hydrogen (secondary N) is 1. The molecule has 1 N–H and O–H groups in total. The predicted molar refractivity (Wildman–Crippen MR) is 81.4 cm³/mol. The van der Waals surface area contributed by atoms with Crippen molar-refractivity contribution in [3.05, 3.63) is 0 Å². The summed E-state index contributed by atoms with van der Waals surface area (Å²) in [4.78, 5) is 2.29. The van der Waals surface area contributed by atoms with Gasteiger partial charge in [0.15, 0.2) is 0 Å². The van der Waals surface area contributed by atoms with Gasteiger partial charge in [0.1, 0.15) is 0 Å². The molecule has 21 heavy (non-hydrogen) atoms. The van der Waals surface area contributed by atoms with E-state index in [0.717, 1.165) is 25.9 Å². The van der Waals surface area contributed by atoms with Crippen molar-refractivity contribution in [2.45, 2.75) is 78.1 Å². The van der Waals surface area contributed by atoms with E-state index in [2.05, 4.69) is 44.8 Å². The van der Waals surface area contributed by atoms with Gasteiger partial charge >= 0.3 is 6.18 Å². The number of rotatable bonds is 5. The highest BCUT2D eigenvalue weighted by atomic mass is 19.4. The van der Waals surface area contributed by atoms with Crippen LogP contribution in [-0.4, -0.2) is 42.3 Å². The lowest BCUT2D eigenvalue weighted by Crippen LogP contribution is -2.66. The third-order valence-electron chi connectivity index (χ3n) is 4.88. The quantitative estimate of drug-likeness (QED) is 0.818. The minimum Gasteiger partial charge on any atom is -0.308 e. The van der Waals surface area contributed by atoms with Gasteiger partial charge in [-0.15, -0.1) is 0 Å². The summed E-state index contributed by atoms with van der Waals surface area (Å²) in [6, 6.07) is 0.289. The maximum Gasteiger partial charge on any atom is 0.389 e. The summed E-state index contributed by atoms with van der Waals surface area (Å²) in [5.74, 6) is 0. The monoisotopic (exact) mass is 308 g/mol. The number of alkyl halides is 3. The van der Waals surface area contributed by atoms with Crippen LogP contribution in [0.2, 0.25) is 0 Å². The molecule has 1 aliphatic heterocycles. The zero-order valence-electron chi connectivity index (χ0n) is 14.1. The lowest BCUT2D eigenvalue weighted by atomic mass is 9.80. The van der Waals surface area contributed by atoms with Gasteiger partial charge in [-0.3, -0.25) is 4.90 Å². The molecule has 0 aliphatic carbocycles. The minimum atomic E-state index is -4.04. The van der Waals surface area contributed by atoms with Crippen LogP contribution < -0.4 is 5.32 Å². The molecule has 0 bridgehead atoms. The van der Waals surface area contributed by atoms with E-state index < -0.39 is 12.6 Å². The normalized spacial score (nSPS) is 24.3. The van der Waals surface area contributed by atoms with Crippen LogP contribution in [-0.2, 0) is 0 Å². The smallest absolute Gasteiger partial charge is 0.308 e. The third-order valence-corrected chi connectivity index (χ3v) is 4.88. The Labute approximate surface area is 127 Å². The minimum absolute atomic E-state index is 0.0555. The van der Waals surface area contributed by atoms with Crippen molar-refractivity contribution < 1.29 is 13.2 Å². The summed E-state index contributed by atoms with van der Waals surface area (Å²) in [5.41, 5.74) is 0.124. The fourth-order valence-corrected chi connectivity index (χ4v) is 3.29. The number of piperazine rings is 1. The molecule has 1 atom stereocenters. The Morgan fingerprint density at radius 1 is 1.14 bits per heavy atom. The standard InChI is InChI=1S/C16H31F3N2/c1-6-15(7-2)12-21(10-8-9-16(17,18)19)13(11-20-15)14(3,4)5/h13,20H,6-12H2,1-5H3. The Balaban J connectivity index is 2.74. The summed E-state index contributed by atoms with van der Waals surface area (Å²) >= 11 is 0. The third kappa shape index (κ3) is 5.44. The lowest BCUT2D eigenvalue weighted by molar-refractivity contribution is -0.137. The second-order valence-electron chi connectivity index (χ2n) is 7.44. The molecule has 126 valence electrons. The Hall–Kier alpha value is -0.290. The van der Waals surface area contributed by atoms with Crippen molar-refractivity contribution in [3.63, 3.8) is 0 Å². The Morgan fingerprint density at radius 3 is 2.14 bits per heavy atom. The highest BCUT2D eigenvalue weighted by Crippen LogP contribution is 2.32. The first-order valence-corrected chi connectivity index (χ1v) is 8.09. The van der Waals surface area contributed by atoms with Crippen molar-refractivity contribution in [1.29, 1.82) is 0 Å². The Morgan fingerprint density at radius 2 is 1.71 bits per heavy atom. The van der Waals surface area contributed by atoms with E-state index in [4.69, 9.17) is 0 Å². The van der Waals surface area contributed by atoms with Crippen molar-refractivity contribution in [2.75, 3.05) is 19.6 Å². The summed E-state index contributed by atoms with van der Waals surface area (Å²) in [5, 5.41) is 3.66. The van der Waals surface area contributed by atoms with Crippen molar-refractivity contribution >= 4 is 0 Å². The van der Waals surface area contributed by atoms with Crippen LogP contribution in [0.4, 0.5) is 13.2 Å². The molecule has 1 unspecified atom stereocenters. The number of hydrogen-bond acceptors (Lipinski definition) is 2. The van der Waals surface area contributed by atoms with E-state index >= 15 is 0 Å². The fourth-order valence-electron chi connectivity index (χ4n) is 3.29. The van der Waals surface area contributed by atoms with Crippen molar-refractivity contribution in [1.82, 2.24) is 10.2 Å². The summed E-state index contributed by atoms with van der Waals surface area (Å²) in [6.45, 7) is 13.1. The van der Waals surface area contributed by atoms with E-state index in [1.54, 1.807) is 0 Å². The average molecular weight is 308 g/mol. The van der Waals surface area contributed by atoms with Gasteiger partial charge in [-0.2, -0.15) is 13.2 Å². The van der Waals surface area contributed by atoms with Crippen LogP contribution in [0, 0.1) is 5.41 Å². The molecule has 0 amide bonds. The SMILES string of the molecule is CCC1(CC)CN(CCCC(F)(F)F)C(C(C)(C)C)CN1. The van der Waals surface area contributed by atoms with Gasteiger partial charge in [-0.25, -0.2) is 0 Å². The molecule has 5 heteroatoms. The van der Waals surface area contributed by atoms with Gasteiger partial charge in [-0.1, -0.05) is 34.6 Å². The zero-order chi connectivity index (χ0) is 16.3. The highest BCUT2D eigenvalue weighted by Gasteiger charge is 2.41. The van der Waals surface area contributed by atoms with Gasteiger partial charge < -0.3 is 5.32 Å². The largest absolute Gasteiger partial charge is 0.389 e. The van der Waals surface area contributed by atoms with Gasteiger partial charge in [0.05, 0.1) is 0 Å². The van der Waals surface area contributed by atoms with E-state index in [9.17, 15) is 13.2 Å². The summed E-state index contributed by atoms with van der Waals surface area (Å²) < 4.78 is 37.2. The molecular formula is C16H31F3N2. The molecule has 1 rings (SSSR count). The highest BCUT2D eigenvalue weighted by molar-refractivity contribution is 4.99. The number of halogens is 3. The van der Waals surface area contributed by atoms with E-state index in [0.29, 0.717) is 6.54 Å². The molecule has 0 aromatic heterocycles. The van der Waals surface area contributed by atoms with Crippen LogP contribution in [0.5, 0.6) is 0 Å². The number of nitrogens with zero attached hydrogens (tertiary/aromatic N) is 1. The second kappa shape index (κ2) is 6.86. The molecule has 1 fully saturated rings. The average Bonchev–Trinajstić information content (AvgIpc) is 2.35. The fraction of sp³-hybridized carbons (Fsp3) is 1.00. The molecular weight excluding hydrogens is 277 g/mol. The van der Waals surface area contributed by atoms with Gasteiger partial charge in [0.25, 0.3) is 0 Å². The van der Waals surface area contributed by atoms with Crippen molar-refractivity contribution in [3.8, 4) is 0 Å². The van der Waals surface area contributed by atoms with Crippen LogP contribution >= 0.6 is 0 Å². The number of hydrogen-bond donors (Lipinski definition) is 1. The topological polar surface area (TPSA) is 15.3 Å². The molecule has 0 saturated carbocycles. The first kappa shape index (κ1) is 18.8. The Bertz CT molecular complexity index is 316. The summed E-state index contributed by atoms with van der Waals surface area (Å²) in [6.07, 6.45) is -2.51. The van der Waals surface area contributed by atoms with E-state index in [-0.39, 0.29) is 23.4 Å². The molecule has 0 radical (unpaired) electrons. The first-order chi connectivity index (χ1) is 9.53. The van der Waals surface area contributed by atoms with Crippen molar-refractivity contribution in [2.24, 2.45) is 5.41 Å². The van der Waals surface area contributed by atoms with Crippen LogP contribution in [0.25, 0.3) is 0 Å². The molecule has 0 aromatic carbocycles. The molecule has 1 heterocycles. The molecule has 1 aliphatic rings. The van der Waals surface area contributed by atoms with Gasteiger partial charge in [0, 0.05) is 31.1 Å². The maximum absolute atomic E-state index is 12.4. The molecule has 0 aromatic rings. The van der Waals surface area contributed by atoms with Crippen LogP contribution in [0.1, 0.15) is 60.3 Å². The van der Waals surface area contributed by atoms with E-state index in [1.165, 1.54) is 0 Å². The Kier molecular flexibility index (Phi) is 6.13. The lowest BCUT2D eigenvalue weighted by Gasteiger charge is -2.51. The van der Waals surface area contributed by atoms with E-state index in [1.807, 2.05) is 0 Å². The second-order valence-corrected chi connectivity index (χ2v) is 7.44. The molecule has 2 nitrogen and oxygen atoms in total. The van der Waals surface area contributed by atoms with Crippen LogP contribution in [0.15, 0.2) is 0 Å². The van der Waals surface area contributed by atoms with Gasteiger partial charge in [0.2, 0.25) is 0 Å². The zero-order valence-corrected chi connectivity index (χ0v) is 14.1. The predicted octanol–water partition coefficient (Wildman–Crippen LogP) is 4.21.